The van der Waals surface area contributed by atoms with Crippen molar-refractivity contribution in [3.63, 3.8) is 0 Å². The molecule has 0 unspecified atom stereocenters. The van der Waals surface area contributed by atoms with Crippen LogP contribution in [0.3, 0.4) is 0 Å². The Hall–Kier alpha value is -2.30. The minimum Gasteiger partial charge on any atom is -0.348 e. The van der Waals surface area contributed by atoms with E-state index < -0.39 is 0 Å². The lowest BCUT2D eigenvalue weighted by Crippen LogP contribution is -2.24. The van der Waals surface area contributed by atoms with Gasteiger partial charge in [-0.3, -0.25) is 4.79 Å². The van der Waals surface area contributed by atoms with Crippen LogP contribution >= 0.6 is 0 Å². The van der Waals surface area contributed by atoms with E-state index in [0.29, 0.717) is 6.54 Å². The number of hydrogen-bond acceptors (Lipinski definition) is 3. The molecule has 0 saturated heterocycles. The summed E-state index contributed by atoms with van der Waals surface area (Å²) in [7, 11) is 5.86. The molecule has 1 aliphatic carbocycles. The van der Waals surface area contributed by atoms with Gasteiger partial charge >= 0.3 is 0 Å². The number of imidazole rings is 1. The van der Waals surface area contributed by atoms with E-state index in [9.17, 15) is 4.79 Å². The normalized spacial score (nSPS) is 13.0. The van der Waals surface area contributed by atoms with E-state index in [1.165, 1.54) is 17.5 Å². The summed E-state index contributed by atoms with van der Waals surface area (Å²) in [5, 5.41) is 2.98. The van der Waals surface area contributed by atoms with Gasteiger partial charge in [0.1, 0.15) is 0 Å². The van der Waals surface area contributed by atoms with Crippen molar-refractivity contribution in [2.75, 3.05) is 19.0 Å². The van der Waals surface area contributed by atoms with Crippen LogP contribution in [0.15, 0.2) is 24.4 Å². The van der Waals surface area contributed by atoms with Crippen molar-refractivity contribution in [2.45, 2.75) is 25.8 Å². The largest absolute Gasteiger partial charge is 0.348 e. The second kappa shape index (κ2) is 5.83. The maximum absolute atomic E-state index is 12.3. The Bertz CT molecular complexity index is 703. The Morgan fingerprint density at radius 3 is 2.82 bits per heavy atom. The third-order valence-electron chi connectivity index (χ3n) is 4.25. The molecule has 0 saturated carbocycles. The van der Waals surface area contributed by atoms with E-state index >= 15 is 0 Å². The first-order valence-electron chi connectivity index (χ1n) is 7.64. The van der Waals surface area contributed by atoms with Gasteiger partial charge in [0.05, 0.1) is 18.4 Å². The lowest BCUT2D eigenvalue weighted by atomic mass is 10.1. The Kier molecular flexibility index (Phi) is 3.88. The Labute approximate surface area is 131 Å². The van der Waals surface area contributed by atoms with Gasteiger partial charge in [0, 0.05) is 26.7 Å². The molecule has 0 spiro atoms. The van der Waals surface area contributed by atoms with Gasteiger partial charge in [0.2, 0.25) is 5.95 Å². The first-order valence-corrected chi connectivity index (χ1v) is 7.64. The third-order valence-corrected chi connectivity index (χ3v) is 4.25. The zero-order valence-electron chi connectivity index (χ0n) is 13.4. The molecule has 5 nitrogen and oxygen atoms in total. The number of anilines is 1. The minimum absolute atomic E-state index is 0.0256. The molecule has 116 valence electrons. The van der Waals surface area contributed by atoms with E-state index in [-0.39, 0.29) is 5.91 Å². The van der Waals surface area contributed by atoms with Crippen LogP contribution in [-0.4, -0.2) is 29.6 Å². The van der Waals surface area contributed by atoms with Crippen molar-refractivity contribution in [1.29, 1.82) is 0 Å². The van der Waals surface area contributed by atoms with Crippen LogP contribution in [0.4, 0.5) is 5.95 Å². The van der Waals surface area contributed by atoms with Crippen molar-refractivity contribution in [3.05, 3.63) is 46.8 Å². The number of benzene rings is 1. The molecule has 0 bridgehead atoms. The third kappa shape index (κ3) is 2.71. The summed E-state index contributed by atoms with van der Waals surface area (Å²) >= 11 is 0. The smallest absolute Gasteiger partial charge is 0.251 e. The number of nitrogens with zero attached hydrogens (tertiary/aromatic N) is 3. The van der Waals surface area contributed by atoms with Crippen molar-refractivity contribution in [3.8, 4) is 0 Å². The number of fused-ring (bicyclic) bond motifs is 1. The average molecular weight is 298 g/mol. The molecule has 0 fully saturated rings. The number of aryl methyl sites for hydroxylation is 2. The Morgan fingerprint density at radius 2 is 2.09 bits per heavy atom. The van der Waals surface area contributed by atoms with Gasteiger partial charge in [0.15, 0.2) is 0 Å². The molecule has 1 aliphatic rings. The quantitative estimate of drug-likeness (QED) is 0.938. The van der Waals surface area contributed by atoms with Crippen molar-refractivity contribution in [2.24, 2.45) is 7.05 Å². The molecular formula is C17H22N4O. The van der Waals surface area contributed by atoms with Crippen molar-refractivity contribution < 1.29 is 4.79 Å². The molecule has 0 atom stereocenters. The van der Waals surface area contributed by atoms with Crippen LogP contribution in [0, 0.1) is 0 Å². The number of carbonyl (C=O) groups excluding carboxylic acids is 1. The summed E-state index contributed by atoms with van der Waals surface area (Å²) in [6, 6.07) is 6.05. The molecule has 1 aromatic carbocycles. The standard InChI is InChI=1S/C17H22N4O/c1-20(2)17-19-11-15(21(17)3)10-18-16(22)14-8-7-12-5-4-6-13(12)9-14/h7-9,11H,4-6,10H2,1-3H3,(H,18,22). The Balaban J connectivity index is 1.68. The van der Waals surface area contributed by atoms with E-state index in [2.05, 4.69) is 16.4 Å². The maximum Gasteiger partial charge on any atom is 0.251 e. The number of amides is 1. The summed E-state index contributed by atoms with van der Waals surface area (Å²) in [5.74, 6) is 0.851. The van der Waals surface area contributed by atoms with Crippen LogP contribution in [0.5, 0.6) is 0 Å². The average Bonchev–Trinajstić information content (AvgIpc) is 3.10. The first-order chi connectivity index (χ1) is 10.6. The molecule has 3 rings (SSSR count). The molecule has 1 aromatic heterocycles. The molecule has 2 aromatic rings. The van der Waals surface area contributed by atoms with E-state index in [0.717, 1.165) is 30.0 Å². The molecule has 1 heterocycles. The molecule has 1 N–H and O–H groups in total. The van der Waals surface area contributed by atoms with Crippen molar-refractivity contribution in [1.82, 2.24) is 14.9 Å². The van der Waals surface area contributed by atoms with Crippen LogP contribution in [0.25, 0.3) is 0 Å². The van der Waals surface area contributed by atoms with Gasteiger partial charge in [-0.05, 0) is 42.5 Å². The van der Waals surface area contributed by atoms with Gasteiger partial charge in [-0.1, -0.05) is 6.07 Å². The number of hydrogen-bond donors (Lipinski definition) is 1. The van der Waals surface area contributed by atoms with Gasteiger partial charge < -0.3 is 14.8 Å². The lowest BCUT2D eigenvalue weighted by molar-refractivity contribution is 0.0950. The van der Waals surface area contributed by atoms with E-state index in [4.69, 9.17) is 0 Å². The van der Waals surface area contributed by atoms with Crippen LogP contribution in [0.2, 0.25) is 0 Å². The predicted octanol–water partition coefficient (Wildman–Crippen LogP) is 1.90. The fourth-order valence-corrected chi connectivity index (χ4v) is 3.00. The Morgan fingerprint density at radius 1 is 1.32 bits per heavy atom. The fraction of sp³-hybridized carbons (Fsp3) is 0.412. The summed E-state index contributed by atoms with van der Waals surface area (Å²) < 4.78 is 1.99. The van der Waals surface area contributed by atoms with Gasteiger partial charge in [-0.25, -0.2) is 4.98 Å². The predicted molar refractivity (Wildman–Crippen MR) is 87.2 cm³/mol. The van der Waals surface area contributed by atoms with E-state index in [1.54, 1.807) is 6.20 Å². The summed E-state index contributed by atoms with van der Waals surface area (Å²) in [5.41, 5.74) is 4.44. The van der Waals surface area contributed by atoms with Gasteiger partial charge in [-0.15, -0.1) is 0 Å². The monoisotopic (exact) mass is 298 g/mol. The van der Waals surface area contributed by atoms with Crippen LogP contribution in [0.1, 0.15) is 33.6 Å². The fourth-order valence-electron chi connectivity index (χ4n) is 3.00. The molecule has 22 heavy (non-hydrogen) atoms. The lowest BCUT2D eigenvalue weighted by Gasteiger charge is -2.13. The zero-order valence-corrected chi connectivity index (χ0v) is 13.4. The molecule has 0 aliphatic heterocycles. The minimum atomic E-state index is -0.0256. The van der Waals surface area contributed by atoms with Gasteiger partial charge in [0.25, 0.3) is 5.91 Å². The molecular weight excluding hydrogens is 276 g/mol. The highest BCUT2D eigenvalue weighted by Gasteiger charge is 2.14. The second-order valence-corrected chi connectivity index (χ2v) is 6.02. The summed E-state index contributed by atoms with van der Waals surface area (Å²) in [6.07, 6.45) is 5.23. The second-order valence-electron chi connectivity index (χ2n) is 6.02. The number of rotatable bonds is 4. The molecule has 0 radical (unpaired) electrons. The summed E-state index contributed by atoms with van der Waals surface area (Å²) in [6.45, 7) is 0.479. The maximum atomic E-state index is 12.3. The van der Waals surface area contributed by atoms with Crippen LogP contribution < -0.4 is 10.2 Å². The molecule has 5 heteroatoms. The highest BCUT2D eigenvalue weighted by Crippen LogP contribution is 2.22. The number of carbonyl (C=O) groups is 1. The highest BCUT2D eigenvalue weighted by molar-refractivity contribution is 5.94. The number of nitrogens with one attached hydrogen (secondary N) is 1. The molecule has 1 amide bonds. The van der Waals surface area contributed by atoms with Gasteiger partial charge in [-0.2, -0.15) is 0 Å². The first kappa shape index (κ1) is 14.6. The highest BCUT2D eigenvalue weighted by atomic mass is 16.1. The SMILES string of the molecule is CN(C)c1ncc(CNC(=O)c2ccc3c(c2)CCC3)n1C. The van der Waals surface area contributed by atoms with Crippen LogP contribution in [-0.2, 0) is 26.4 Å². The van der Waals surface area contributed by atoms with E-state index in [1.807, 2.05) is 42.7 Å². The topological polar surface area (TPSA) is 50.2 Å². The number of aromatic nitrogens is 2. The summed E-state index contributed by atoms with van der Waals surface area (Å²) in [4.78, 5) is 18.6. The zero-order chi connectivity index (χ0) is 15.7. The van der Waals surface area contributed by atoms with Crippen molar-refractivity contribution >= 4 is 11.9 Å².